The lowest BCUT2D eigenvalue weighted by atomic mass is 10.3. The van der Waals surface area contributed by atoms with E-state index in [0.29, 0.717) is 23.5 Å². The quantitative estimate of drug-likeness (QED) is 0.746. The molecule has 0 aliphatic heterocycles. The van der Waals surface area contributed by atoms with E-state index in [1.807, 2.05) is 0 Å². The van der Waals surface area contributed by atoms with Gasteiger partial charge in [0.05, 0.1) is 13.7 Å². The van der Waals surface area contributed by atoms with Crippen molar-refractivity contribution in [1.29, 1.82) is 0 Å². The highest BCUT2D eigenvalue weighted by Crippen LogP contribution is 2.18. The molecular weight excluding hydrogens is 282 g/mol. The van der Waals surface area contributed by atoms with Crippen molar-refractivity contribution in [3.05, 3.63) is 29.3 Å². The molecule has 1 aromatic carbocycles. The van der Waals surface area contributed by atoms with Crippen LogP contribution in [0.2, 0.25) is 5.02 Å². The third-order valence-corrected chi connectivity index (χ3v) is 2.54. The van der Waals surface area contributed by atoms with Crippen LogP contribution in [0.1, 0.15) is 0 Å². The minimum Gasteiger partial charge on any atom is -0.467 e. The van der Waals surface area contributed by atoms with Crippen LogP contribution in [0.3, 0.4) is 0 Å². The predicted octanol–water partition coefficient (Wildman–Crippen LogP) is 1.68. The van der Waals surface area contributed by atoms with Crippen molar-refractivity contribution in [1.82, 2.24) is 15.0 Å². The maximum Gasteiger partial charge on any atom is 0.322 e. The number of aromatic nitrogens is 3. The van der Waals surface area contributed by atoms with Crippen molar-refractivity contribution in [3.63, 3.8) is 0 Å². The average Bonchev–Trinajstić information content (AvgIpc) is 2.47. The summed E-state index contributed by atoms with van der Waals surface area (Å²) in [6.07, 6.45) is 0. The van der Waals surface area contributed by atoms with Crippen molar-refractivity contribution in [2.75, 3.05) is 30.9 Å². The van der Waals surface area contributed by atoms with Gasteiger partial charge in [0.25, 0.3) is 0 Å². The number of hydrogen-bond donors (Lipinski definition) is 3. The van der Waals surface area contributed by atoms with E-state index in [1.165, 1.54) is 7.11 Å². The first-order valence-electron chi connectivity index (χ1n) is 5.88. The number of aliphatic hydroxyl groups excluding tert-OH is 1. The maximum atomic E-state index is 8.79. The molecule has 7 nitrogen and oxygen atoms in total. The molecule has 106 valence electrons. The fraction of sp³-hybridized carbons (Fsp3) is 0.250. The summed E-state index contributed by atoms with van der Waals surface area (Å²) in [6.45, 7) is 0.321. The second-order valence-electron chi connectivity index (χ2n) is 3.75. The van der Waals surface area contributed by atoms with Crippen molar-refractivity contribution in [2.24, 2.45) is 0 Å². The van der Waals surface area contributed by atoms with Gasteiger partial charge in [-0.1, -0.05) is 11.6 Å². The van der Waals surface area contributed by atoms with E-state index < -0.39 is 0 Å². The Labute approximate surface area is 121 Å². The van der Waals surface area contributed by atoms with Crippen molar-refractivity contribution in [2.45, 2.75) is 0 Å². The third kappa shape index (κ3) is 3.94. The fourth-order valence-electron chi connectivity index (χ4n) is 1.41. The number of aliphatic hydroxyl groups is 1. The maximum absolute atomic E-state index is 8.79. The largest absolute Gasteiger partial charge is 0.467 e. The van der Waals surface area contributed by atoms with Gasteiger partial charge in [-0.05, 0) is 24.3 Å². The van der Waals surface area contributed by atoms with Crippen LogP contribution >= 0.6 is 11.6 Å². The average molecular weight is 296 g/mol. The standard InChI is InChI=1S/C12H14ClN5O2/c1-20-12-17-10(14-6-7-19)16-11(18-12)15-9-4-2-8(13)3-5-9/h2-5,19H,6-7H2,1H3,(H2,14,15,16,17,18). The second-order valence-corrected chi connectivity index (χ2v) is 4.19. The summed E-state index contributed by atoms with van der Waals surface area (Å²) in [5.74, 6) is 0.655. The van der Waals surface area contributed by atoms with Crippen LogP contribution in [-0.2, 0) is 0 Å². The monoisotopic (exact) mass is 295 g/mol. The van der Waals surface area contributed by atoms with Gasteiger partial charge < -0.3 is 20.5 Å². The molecule has 3 N–H and O–H groups in total. The van der Waals surface area contributed by atoms with E-state index in [0.717, 1.165) is 5.69 Å². The van der Waals surface area contributed by atoms with E-state index in [-0.39, 0.29) is 12.6 Å². The molecule has 0 amide bonds. The summed E-state index contributed by atoms with van der Waals surface area (Å²) in [7, 11) is 1.47. The van der Waals surface area contributed by atoms with E-state index in [1.54, 1.807) is 24.3 Å². The molecule has 8 heteroatoms. The number of ether oxygens (including phenoxy) is 1. The molecule has 0 aliphatic rings. The molecule has 2 rings (SSSR count). The van der Waals surface area contributed by atoms with E-state index in [4.69, 9.17) is 21.4 Å². The Morgan fingerprint density at radius 3 is 2.50 bits per heavy atom. The summed E-state index contributed by atoms with van der Waals surface area (Å²) in [6, 6.07) is 7.30. The number of rotatable bonds is 6. The highest BCUT2D eigenvalue weighted by atomic mass is 35.5. The van der Waals surface area contributed by atoms with Gasteiger partial charge >= 0.3 is 6.01 Å². The Balaban J connectivity index is 2.19. The summed E-state index contributed by atoms with van der Waals surface area (Å²) >= 11 is 5.82. The number of benzene rings is 1. The number of anilines is 3. The predicted molar refractivity (Wildman–Crippen MR) is 76.7 cm³/mol. The van der Waals surface area contributed by atoms with Crippen LogP contribution in [0.4, 0.5) is 17.6 Å². The zero-order valence-electron chi connectivity index (χ0n) is 10.8. The fourth-order valence-corrected chi connectivity index (χ4v) is 1.54. The van der Waals surface area contributed by atoms with Gasteiger partial charge in [-0.15, -0.1) is 0 Å². The lowest BCUT2D eigenvalue weighted by Gasteiger charge is -2.09. The number of nitrogens with one attached hydrogen (secondary N) is 2. The van der Waals surface area contributed by atoms with Crippen molar-refractivity contribution >= 4 is 29.2 Å². The topological polar surface area (TPSA) is 92.2 Å². The molecular formula is C12H14ClN5O2. The van der Waals surface area contributed by atoms with Crippen molar-refractivity contribution < 1.29 is 9.84 Å². The molecule has 1 heterocycles. The van der Waals surface area contributed by atoms with Gasteiger partial charge in [-0.25, -0.2) is 0 Å². The number of halogens is 1. The minimum atomic E-state index is -0.0199. The van der Waals surface area contributed by atoms with Crippen LogP contribution in [-0.4, -0.2) is 40.3 Å². The molecule has 0 aliphatic carbocycles. The molecule has 0 saturated heterocycles. The summed E-state index contributed by atoms with van der Waals surface area (Å²) in [4.78, 5) is 12.3. The van der Waals surface area contributed by atoms with Crippen LogP contribution in [0, 0.1) is 0 Å². The zero-order chi connectivity index (χ0) is 14.4. The summed E-state index contributed by atoms with van der Waals surface area (Å²) < 4.78 is 5.01. The molecule has 0 saturated carbocycles. The highest BCUT2D eigenvalue weighted by molar-refractivity contribution is 6.30. The van der Waals surface area contributed by atoms with E-state index in [9.17, 15) is 0 Å². The van der Waals surface area contributed by atoms with Crippen LogP contribution < -0.4 is 15.4 Å². The normalized spacial score (nSPS) is 10.2. The third-order valence-electron chi connectivity index (χ3n) is 2.29. The Morgan fingerprint density at radius 1 is 1.15 bits per heavy atom. The van der Waals surface area contributed by atoms with E-state index in [2.05, 4.69) is 25.6 Å². The van der Waals surface area contributed by atoms with Gasteiger partial charge in [0.2, 0.25) is 11.9 Å². The van der Waals surface area contributed by atoms with Gasteiger partial charge in [-0.3, -0.25) is 0 Å². The Kier molecular flexibility index (Phi) is 4.91. The van der Waals surface area contributed by atoms with Crippen LogP contribution in [0.15, 0.2) is 24.3 Å². The SMILES string of the molecule is COc1nc(NCCO)nc(Nc2ccc(Cl)cc2)n1. The summed E-state index contributed by atoms with van der Waals surface area (Å²) in [5.41, 5.74) is 0.788. The van der Waals surface area contributed by atoms with Gasteiger partial charge in [0.1, 0.15) is 0 Å². The van der Waals surface area contributed by atoms with Gasteiger partial charge in [0.15, 0.2) is 0 Å². The Bertz CT molecular complexity index is 564. The molecule has 0 bridgehead atoms. The molecule has 2 aromatic rings. The van der Waals surface area contributed by atoms with Crippen molar-refractivity contribution in [3.8, 4) is 6.01 Å². The first-order chi connectivity index (χ1) is 9.71. The molecule has 0 spiro atoms. The molecule has 0 atom stereocenters. The first kappa shape index (κ1) is 14.3. The molecule has 0 unspecified atom stereocenters. The molecule has 0 fully saturated rings. The Morgan fingerprint density at radius 2 is 1.85 bits per heavy atom. The Hall–Kier alpha value is -2.12. The second kappa shape index (κ2) is 6.88. The molecule has 0 radical (unpaired) electrons. The highest BCUT2D eigenvalue weighted by Gasteiger charge is 2.06. The zero-order valence-corrected chi connectivity index (χ0v) is 11.6. The van der Waals surface area contributed by atoms with Gasteiger partial charge in [-0.2, -0.15) is 15.0 Å². The van der Waals surface area contributed by atoms with E-state index >= 15 is 0 Å². The number of methoxy groups -OCH3 is 1. The lowest BCUT2D eigenvalue weighted by molar-refractivity contribution is 0.310. The molecule has 1 aromatic heterocycles. The lowest BCUT2D eigenvalue weighted by Crippen LogP contribution is -2.11. The number of hydrogen-bond acceptors (Lipinski definition) is 7. The smallest absolute Gasteiger partial charge is 0.322 e. The van der Waals surface area contributed by atoms with Crippen LogP contribution in [0.5, 0.6) is 6.01 Å². The first-order valence-corrected chi connectivity index (χ1v) is 6.26. The van der Waals surface area contributed by atoms with Gasteiger partial charge in [0, 0.05) is 17.3 Å². The van der Waals surface area contributed by atoms with Crippen LogP contribution in [0.25, 0.3) is 0 Å². The summed E-state index contributed by atoms with van der Waals surface area (Å²) in [5, 5.41) is 15.3. The minimum absolute atomic E-state index is 0.0199. The molecule has 20 heavy (non-hydrogen) atoms. The number of nitrogens with zero attached hydrogens (tertiary/aromatic N) is 3.